The normalized spacial score (nSPS) is 16.3. The molecule has 1 saturated heterocycles. The third-order valence-corrected chi connectivity index (χ3v) is 4.23. The standard InChI is InChI=1S/C15H22ClN3O2/c1-2-9-18(13-5-7-17-8-6-13)11-12-3-4-15(19(20)21)14(16)10-12/h3-4,10,13,17H,2,5-9,11H2,1H3. The average molecular weight is 312 g/mol. The summed E-state index contributed by atoms with van der Waals surface area (Å²) in [5.74, 6) is 0. The fourth-order valence-corrected chi connectivity index (χ4v) is 3.15. The Morgan fingerprint density at radius 3 is 2.71 bits per heavy atom. The van der Waals surface area contributed by atoms with E-state index in [1.165, 1.54) is 6.07 Å². The first-order chi connectivity index (χ1) is 10.1. The lowest BCUT2D eigenvalue weighted by Crippen LogP contribution is -2.43. The molecular formula is C15H22ClN3O2. The van der Waals surface area contributed by atoms with Gasteiger partial charge in [0, 0.05) is 18.7 Å². The Kier molecular flexibility index (Phi) is 5.96. The molecule has 0 radical (unpaired) electrons. The first kappa shape index (κ1) is 16.2. The van der Waals surface area contributed by atoms with Crippen LogP contribution in [-0.2, 0) is 6.54 Å². The summed E-state index contributed by atoms with van der Waals surface area (Å²) in [6, 6.07) is 5.63. The maximum atomic E-state index is 10.8. The van der Waals surface area contributed by atoms with Crippen molar-refractivity contribution in [2.24, 2.45) is 0 Å². The van der Waals surface area contributed by atoms with Crippen molar-refractivity contribution >= 4 is 17.3 Å². The Morgan fingerprint density at radius 1 is 1.43 bits per heavy atom. The number of nitrogens with zero attached hydrogens (tertiary/aromatic N) is 2. The van der Waals surface area contributed by atoms with Crippen LogP contribution in [0.5, 0.6) is 0 Å². The van der Waals surface area contributed by atoms with Crippen LogP contribution >= 0.6 is 11.6 Å². The minimum atomic E-state index is -0.442. The van der Waals surface area contributed by atoms with Crippen LogP contribution < -0.4 is 5.32 Å². The lowest BCUT2D eigenvalue weighted by molar-refractivity contribution is -0.384. The summed E-state index contributed by atoms with van der Waals surface area (Å²) in [7, 11) is 0. The fraction of sp³-hybridized carbons (Fsp3) is 0.600. The minimum absolute atomic E-state index is 0.0238. The van der Waals surface area contributed by atoms with Crippen LogP contribution in [0.15, 0.2) is 18.2 Å². The second-order valence-electron chi connectivity index (χ2n) is 5.49. The maximum absolute atomic E-state index is 10.8. The molecule has 0 atom stereocenters. The Hall–Kier alpha value is -1.17. The largest absolute Gasteiger partial charge is 0.317 e. The number of hydrogen-bond acceptors (Lipinski definition) is 4. The average Bonchev–Trinajstić information content (AvgIpc) is 2.47. The van der Waals surface area contributed by atoms with Crippen LogP contribution in [0.1, 0.15) is 31.7 Å². The summed E-state index contributed by atoms with van der Waals surface area (Å²) >= 11 is 6.00. The molecule has 6 heteroatoms. The van der Waals surface area contributed by atoms with Crippen LogP contribution in [0.4, 0.5) is 5.69 Å². The minimum Gasteiger partial charge on any atom is -0.317 e. The zero-order valence-corrected chi connectivity index (χ0v) is 13.1. The summed E-state index contributed by atoms with van der Waals surface area (Å²) in [5.41, 5.74) is 1.02. The molecule has 5 nitrogen and oxygen atoms in total. The highest BCUT2D eigenvalue weighted by Gasteiger charge is 2.21. The van der Waals surface area contributed by atoms with Crippen molar-refractivity contribution in [3.63, 3.8) is 0 Å². The number of benzene rings is 1. The monoisotopic (exact) mass is 311 g/mol. The second kappa shape index (κ2) is 7.73. The predicted molar refractivity (Wildman–Crippen MR) is 84.7 cm³/mol. The van der Waals surface area contributed by atoms with E-state index in [1.807, 2.05) is 6.07 Å². The van der Waals surface area contributed by atoms with Gasteiger partial charge in [0.2, 0.25) is 0 Å². The molecular weight excluding hydrogens is 290 g/mol. The van der Waals surface area contributed by atoms with Crippen molar-refractivity contribution in [1.82, 2.24) is 10.2 Å². The molecule has 21 heavy (non-hydrogen) atoms. The molecule has 0 aromatic heterocycles. The topological polar surface area (TPSA) is 58.4 Å². The molecule has 1 aliphatic heterocycles. The van der Waals surface area contributed by atoms with Crippen molar-refractivity contribution in [3.8, 4) is 0 Å². The van der Waals surface area contributed by atoms with Gasteiger partial charge in [-0.05, 0) is 50.5 Å². The van der Waals surface area contributed by atoms with Gasteiger partial charge in [-0.1, -0.05) is 24.6 Å². The van der Waals surface area contributed by atoms with Gasteiger partial charge < -0.3 is 5.32 Å². The number of rotatable bonds is 6. The van der Waals surface area contributed by atoms with E-state index in [0.717, 1.165) is 51.0 Å². The number of nitrogens with one attached hydrogen (secondary N) is 1. The fourth-order valence-electron chi connectivity index (χ4n) is 2.88. The van der Waals surface area contributed by atoms with E-state index >= 15 is 0 Å². The number of nitro groups is 1. The Bertz CT molecular complexity index is 490. The van der Waals surface area contributed by atoms with Gasteiger partial charge in [0.1, 0.15) is 5.02 Å². The SMILES string of the molecule is CCCN(Cc1ccc([N+](=O)[O-])c(Cl)c1)C1CCNCC1. The third kappa shape index (κ3) is 4.40. The molecule has 0 aliphatic carbocycles. The molecule has 1 heterocycles. The van der Waals surface area contributed by atoms with Crippen molar-refractivity contribution in [3.05, 3.63) is 38.9 Å². The van der Waals surface area contributed by atoms with E-state index in [0.29, 0.717) is 6.04 Å². The van der Waals surface area contributed by atoms with Crippen LogP contribution in [0.25, 0.3) is 0 Å². The molecule has 0 bridgehead atoms. The van der Waals surface area contributed by atoms with Crippen LogP contribution in [-0.4, -0.2) is 35.5 Å². The van der Waals surface area contributed by atoms with Gasteiger partial charge in [0.15, 0.2) is 0 Å². The van der Waals surface area contributed by atoms with Gasteiger partial charge in [-0.3, -0.25) is 15.0 Å². The van der Waals surface area contributed by atoms with Gasteiger partial charge in [0.25, 0.3) is 5.69 Å². The highest BCUT2D eigenvalue weighted by Crippen LogP contribution is 2.26. The van der Waals surface area contributed by atoms with Crippen LogP contribution in [0.2, 0.25) is 5.02 Å². The number of hydrogen-bond donors (Lipinski definition) is 1. The van der Waals surface area contributed by atoms with Gasteiger partial charge in [-0.15, -0.1) is 0 Å². The van der Waals surface area contributed by atoms with E-state index in [1.54, 1.807) is 6.07 Å². The Balaban J connectivity index is 2.09. The zero-order valence-electron chi connectivity index (χ0n) is 12.3. The molecule has 2 rings (SSSR count). The van der Waals surface area contributed by atoms with Gasteiger partial charge in [0.05, 0.1) is 4.92 Å². The number of piperidine rings is 1. The molecule has 1 aromatic rings. The quantitative estimate of drug-likeness (QED) is 0.647. The van der Waals surface area contributed by atoms with E-state index in [2.05, 4.69) is 17.1 Å². The Labute approximate surface area is 130 Å². The van der Waals surface area contributed by atoms with Gasteiger partial charge in [-0.25, -0.2) is 0 Å². The van der Waals surface area contributed by atoms with Crippen LogP contribution in [0, 0.1) is 10.1 Å². The van der Waals surface area contributed by atoms with Crippen molar-refractivity contribution in [1.29, 1.82) is 0 Å². The zero-order chi connectivity index (χ0) is 15.2. The maximum Gasteiger partial charge on any atom is 0.287 e. The summed E-state index contributed by atoms with van der Waals surface area (Å²) in [6.07, 6.45) is 3.41. The first-order valence-corrected chi connectivity index (χ1v) is 7.87. The molecule has 0 spiro atoms. The highest BCUT2D eigenvalue weighted by molar-refractivity contribution is 6.32. The van der Waals surface area contributed by atoms with Crippen molar-refractivity contribution < 1.29 is 4.92 Å². The van der Waals surface area contributed by atoms with E-state index in [9.17, 15) is 10.1 Å². The van der Waals surface area contributed by atoms with E-state index in [-0.39, 0.29) is 10.7 Å². The molecule has 116 valence electrons. The molecule has 1 aromatic carbocycles. The first-order valence-electron chi connectivity index (χ1n) is 7.49. The lowest BCUT2D eigenvalue weighted by atomic mass is 10.0. The lowest BCUT2D eigenvalue weighted by Gasteiger charge is -2.34. The second-order valence-corrected chi connectivity index (χ2v) is 5.90. The van der Waals surface area contributed by atoms with Crippen molar-refractivity contribution in [2.45, 2.75) is 38.8 Å². The van der Waals surface area contributed by atoms with E-state index in [4.69, 9.17) is 11.6 Å². The molecule has 1 N–H and O–H groups in total. The highest BCUT2D eigenvalue weighted by atomic mass is 35.5. The summed E-state index contributed by atoms with van der Waals surface area (Å²) in [5, 5.41) is 14.4. The van der Waals surface area contributed by atoms with Gasteiger partial charge >= 0.3 is 0 Å². The smallest absolute Gasteiger partial charge is 0.287 e. The number of halogens is 1. The summed E-state index contributed by atoms with van der Waals surface area (Å²) in [4.78, 5) is 12.8. The van der Waals surface area contributed by atoms with Gasteiger partial charge in [-0.2, -0.15) is 0 Å². The molecule has 0 unspecified atom stereocenters. The molecule has 0 amide bonds. The van der Waals surface area contributed by atoms with E-state index < -0.39 is 4.92 Å². The summed E-state index contributed by atoms with van der Waals surface area (Å²) < 4.78 is 0. The predicted octanol–water partition coefficient (Wildman–Crippen LogP) is 3.21. The molecule has 0 saturated carbocycles. The third-order valence-electron chi connectivity index (χ3n) is 3.93. The number of nitro benzene ring substituents is 1. The molecule has 1 fully saturated rings. The molecule has 1 aliphatic rings. The summed E-state index contributed by atoms with van der Waals surface area (Å²) in [6.45, 7) is 6.14. The Morgan fingerprint density at radius 2 is 2.14 bits per heavy atom. The van der Waals surface area contributed by atoms with Crippen LogP contribution in [0.3, 0.4) is 0 Å². The van der Waals surface area contributed by atoms with Crippen molar-refractivity contribution in [2.75, 3.05) is 19.6 Å².